The second-order valence-corrected chi connectivity index (χ2v) is 2.13. The van der Waals surface area contributed by atoms with Crippen LogP contribution in [0.25, 0.3) is 0 Å². The normalized spacial score (nSPS) is 8.17. The lowest BCUT2D eigenvalue weighted by molar-refractivity contribution is 0.372. The van der Waals surface area contributed by atoms with Gasteiger partial charge in [0.05, 0.1) is 19.8 Å². The van der Waals surface area contributed by atoms with Crippen molar-refractivity contribution in [2.45, 2.75) is 0 Å². The first-order valence-electron chi connectivity index (χ1n) is 3.55. The molecule has 62 valence electrons. The minimum atomic E-state index is 0.766. The van der Waals surface area contributed by atoms with Crippen molar-refractivity contribution < 1.29 is 9.47 Å². The minimum absolute atomic E-state index is 0.766. The largest absolute Gasteiger partial charge is 0.495 e. The van der Waals surface area contributed by atoms with Gasteiger partial charge in [-0.1, -0.05) is 12.1 Å². The molecule has 0 atom stereocenters. The Morgan fingerprint density at radius 1 is 1.17 bits per heavy atom. The zero-order valence-corrected chi connectivity index (χ0v) is 7.13. The van der Waals surface area contributed by atoms with Gasteiger partial charge < -0.3 is 9.47 Å². The van der Waals surface area contributed by atoms with Crippen molar-refractivity contribution in [1.29, 1.82) is 0 Å². The summed E-state index contributed by atoms with van der Waals surface area (Å²) in [6.07, 6.45) is 2.51. The first-order chi connectivity index (χ1) is 5.88. The van der Waals surface area contributed by atoms with E-state index in [2.05, 4.69) is 16.8 Å². The number of para-hydroxylation sites is 1. The molecule has 1 aromatic rings. The molecule has 0 bridgehead atoms. The summed E-state index contributed by atoms with van der Waals surface area (Å²) < 4.78 is 9.71. The number of methoxy groups -OCH3 is 2. The Hall–Kier alpha value is -1.62. The van der Waals surface area contributed by atoms with Gasteiger partial charge in [0.25, 0.3) is 0 Å². The SMILES string of the molecule is COC#Cc1ccccc1OC. The van der Waals surface area contributed by atoms with E-state index < -0.39 is 0 Å². The molecule has 1 rings (SSSR count). The fourth-order valence-electron chi connectivity index (χ4n) is 0.854. The number of ether oxygens (including phenoxy) is 2. The van der Waals surface area contributed by atoms with Crippen LogP contribution in [-0.4, -0.2) is 14.2 Å². The Labute approximate surface area is 72.1 Å². The van der Waals surface area contributed by atoms with Crippen LogP contribution in [0.4, 0.5) is 0 Å². The molecule has 0 aliphatic rings. The fraction of sp³-hybridized carbons (Fsp3) is 0.200. The maximum atomic E-state index is 5.08. The molecule has 2 heteroatoms. The molecule has 0 N–H and O–H groups in total. The van der Waals surface area contributed by atoms with Crippen LogP contribution >= 0.6 is 0 Å². The molecule has 0 heterocycles. The second kappa shape index (κ2) is 4.30. The third-order valence-corrected chi connectivity index (χ3v) is 1.39. The summed E-state index contributed by atoms with van der Waals surface area (Å²) in [6.45, 7) is 0. The van der Waals surface area contributed by atoms with Gasteiger partial charge in [-0.25, -0.2) is 0 Å². The molecule has 0 saturated heterocycles. The number of benzene rings is 1. The quantitative estimate of drug-likeness (QED) is 0.584. The molecule has 0 amide bonds. The molecule has 0 aliphatic carbocycles. The Morgan fingerprint density at radius 3 is 2.58 bits per heavy atom. The molecule has 0 spiro atoms. The van der Waals surface area contributed by atoms with Gasteiger partial charge in [0, 0.05) is 0 Å². The summed E-state index contributed by atoms with van der Waals surface area (Å²) >= 11 is 0. The molecule has 0 aliphatic heterocycles. The van der Waals surface area contributed by atoms with E-state index in [9.17, 15) is 0 Å². The molecule has 0 radical (unpaired) electrons. The van der Waals surface area contributed by atoms with E-state index in [0.717, 1.165) is 11.3 Å². The average Bonchev–Trinajstić information content (AvgIpc) is 2.15. The fourth-order valence-corrected chi connectivity index (χ4v) is 0.854. The summed E-state index contributed by atoms with van der Waals surface area (Å²) in [5.41, 5.74) is 0.835. The predicted molar refractivity (Wildman–Crippen MR) is 46.9 cm³/mol. The van der Waals surface area contributed by atoms with Crippen LogP contribution in [0.15, 0.2) is 24.3 Å². The Balaban J connectivity index is 2.97. The van der Waals surface area contributed by atoms with Gasteiger partial charge in [-0.3, -0.25) is 0 Å². The highest BCUT2D eigenvalue weighted by Crippen LogP contribution is 2.15. The Bertz CT molecular complexity index is 307. The second-order valence-electron chi connectivity index (χ2n) is 2.13. The lowest BCUT2D eigenvalue weighted by Crippen LogP contribution is -1.86. The van der Waals surface area contributed by atoms with Gasteiger partial charge in [-0.2, -0.15) is 0 Å². The van der Waals surface area contributed by atoms with E-state index in [1.165, 1.54) is 7.11 Å². The monoisotopic (exact) mass is 162 g/mol. The highest BCUT2D eigenvalue weighted by Gasteiger charge is 1.95. The highest BCUT2D eigenvalue weighted by atomic mass is 16.5. The summed E-state index contributed by atoms with van der Waals surface area (Å²) in [4.78, 5) is 0. The number of hydrogen-bond acceptors (Lipinski definition) is 2. The maximum absolute atomic E-state index is 5.08. The zero-order chi connectivity index (χ0) is 8.81. The van der Waals surface area contributed by atoms with E-state index in [0.29, 0.717) is 0 Å². The smallest absolute Gasteiger partial charge is 0.134 e. The first-order valence-corrected chi connectivity index (χ1v) is 3.55. The molecule has 0 aromatic heterocycles. The standard InChI is InChI=1S/C10H10O2/c1-11-8-7-9-5-3-4-6-10(9)12-2/h3-6H,1-2H3. The molecule has 0 unspecified atom stereocenters. The van der Waals surface area contributed by atoms with Gasteiger partial charge in [0.1, 0.15) is 11.9 Å². The van der Waals surface area contributed by atoms with Crippen LogP contribution in [0.2, 0.25) is 0 Å². The van der Waals surface area contributed by atoms with Gasteiger partial charge in [0.15, 0.2) is 0 Å². The maximum Gasteiger partial charge on any atom is 0.134 e. The molecular weight excluding hydrogens is 152 g/mol. The molecule has 0 saturated carbocycles. The summed E-state index contributed by atoms with van der Waals surface area (Å²) in [7, 11) is 3.15. The van der Waals surface area contributed by atoms with Crippen molar-refractivity contribution in [3.05, 3.63) is 29.8 Å². The minimum Gasteiger partial charge on any atom is -0.495 e. The first kappa shape index (κ1) is 8.48. The van der Waals surface area contributed by atoms with E-state index in [-0.39, 0.29) is 0 Å². The lowest BCUT2D eigenvalue weighted by atomic mass is 10.2. The van der Waals surface area contributed by atoms with Gasteiger partial charge >= 0.3 is 0 Å². The van der Waals surface area contributed by atoms with Crippen molar-refractivity contribution in [2.24, 2.45) is 0 Å². The average molecular weight is 162 g/mol. The van der Waals surface area contributed by atoms with Crippen molar-refractivity contribution in [3.63, 3.8) is 0 Å². The number of hydrogen-bond donors (Lipinski definition) is 0. The lowest BCUT2D eigenvalue weighted by Gasteiger charge is -2.00. The van der Waals surface area contributed by atoms with Crippen molar-refractivity contribution >= 4 is 0 Å². The predicted octanol–water partition coefficient (Wildman–Crippen LogP) is 1.65. The van der Waals surface area contributed by atoms with Crippen molar-refractivity contribution in [1.82, 2.24) is 0 Å². The van der Waals surface area contributed by atoms with Crippen LogP contribution in [0.3, 0.4) is 0 Å². The molecular formula is C10H10O2. The van der Waals surface area contributed by atoms with E-state index in [4.69, 9.17) is 4.74 Å². The van der Waals surface area contributed by atoms with E-state index in [1.807, 2.05) is 24.3 Å². The summed E-state index contributed by atoms with van der Waals surface area (Å²) in [5.74, 6) is 3.58. The molecule has 1 aromatic carbocycles. The molecule has 0 fully saturated rings. The third kappa shape index (κ3) is 1.93. The zero-order valence-electron chi connectivity index (χ0n) is 7.13. The van der Waals surface area contributed by atoms with Gasteiger partial charge in [-0.15, -0.1) is 0 Å². The van der Waals surface area contributed by atoms with Crippen LogP contribution in [-0.2, 0) is 4.74 Å². The molecule has 12 heavy (non-hydrogen) atoms. The highest BCUT2D eigenvalue weighted by molar-refractivity contribution is 5.45. The van der Waals surface area contributed by atoms with Gasteiger partial charge in [0.2, 0.25) is 0 Å². The van der Waals surface area contributed by atoms with Crippen molar-refractivity contribution in [2.75, 3.05) is 14.2 Å². The Kier molecular flexibility index (Phi) is 3.04. The van der Waals surface area contributed by atoms with Crippen molar-refractivity contribution in [3.8, 4) is 17.8 Å². The van der Waals surface area contributed by atoms with E-state index >= 15 is 0 Å². The number of rotatable bonds is 1. The van der Waals surface area contributed by atoms with Gasteiger partial charge in [-0.05, 0) is 18.1 Å². The van der Waals surface area contributed by atoms with Crippen LogP contribution in [0, 0.1) is 12.0 Å². The molecule has 2 nitrogen and oxygen atoms in total. The Morgan fingerprint density at radius 2 is 1.92 bits per heavy atom. The van der Waals surface area contributed by atoms with Crippen LogP contribution in [0.1, 0.15) is 5.56 Å². The van der Waals surface area contributed by atoms with Crippen LogP contribution < -0.4 is 4.74 Å². The summed E-state index contributed by atoms with van der Waals surface area (Å²) in [5, 5.41) is 0. The third-order valence-electron chi connectivity index (χ3n) is 1.39. The topological polar surface area (TPSA) is 18.5 Å². The van der Waals surface area contributed by atoms with Crippen LogP contribution in [0.5, 0.6) is 5.75 Å². The summed E-state index contributed by atoms with van der Waals surface area (Å²) in [6, 6.07) is 7.55. The van der Waals surface area contributed by atoms with E-state index in [1.54, 1.807) is 7.11 Å².